The molecule has 0 unspecified atom stereocenters. The SMILES string of the molecule is COCCCN1C(=O)/C(=C/c2c(C)c(C#N)c(=O)n(C)c2N2CCN(CCO)CC2)SC1=S. The minimum atomic E-state index is -0.355. The minimum absolute atomic E-state index is 0.0713. The molecule has 1 aromatic rings. The van der Waals surface area contributed by atoms with Crippen LogP contribution < -0.4 is 10.5 Å². The number of aliphatic hydroxyl groups is 1. The van der Waals surface area contributed by atoms with Crippen LogP contribution in [0.3, 0.4) is 0 Å². The topological polar surface area (TPSA) is 102 Å². The molecule has 2 aliphatic rings. The number of carbonyl (C=O) groups is 1. The van der Waals surface area contributed by atoms with Crippen molar-refractivity contribution in [3.63, 3.8) is 0 Å². The van der Waals surface area contributed by atoms with Crippen molar-refractivity contribution in [3.05, 3.63) is 31.9 Å². The van der Waals surface area contributed by atoms with E-state index >= 15 is 0 Å². The van der Waals surface area contributed by atoms with Gasteiger partial charge in [-0.3, -0.25) is 24.0 Å². The number of amides is 1. The smallest absolute Gasteiger partial charge is 0.270 e. The number of aromatic nitrogens is 1. The number of rotatable bonds is 8. The van der Waals surface area contributed by atoms with Crippen LogP contribution in [0.25, 0.3) is 6.08 Å². The van der Waals surface area contributed by atoms with Crippen molar-refractivity contribution < 1.29 is 14.6 Å². The van der Waals surface area contributed by atoms with Crippen LogP contribution >= 0.6 is 24.0 Å². The fourth-order valence-corrected chi connectivity index (χ4v) is 5.40. The standard InChI is InChI=1S/C22H29N5O4S2/c1-15-16(13-18-21(30)27(22(32)33-18)5-4-12-31-3)19(24(2)20(29)17(15)14-23)26-8-6-25(7-9-26)10-11-28/h13,28H,4-12H2,1-3H3/b18-13-. The van der Waals surface area contributed by atoms with E-state index in [4.69, 9.17) is 17.0 Å². The van der Waals surface area contributed by atoms with E-state index in [-0.39, 0.29) is 23.6 Å². The lowest BCUT2D eigenvalue weighted by molar-refractivity contribution is -0.122. The summed E-state index contributed by atoms with van der Waals surface area (Å²) in [7, 11) is 3.27. The summed E-state index contributed by atoms with van der Waals surface area (Å²) in [6.45, 7) is 6.29. The normalized spacial score (nSPS) is 18.5. The molecule has 1 amide bonds. The highest BCUT2D eigenvalue weighted by Crippen LogP contribution is 2.35. The third kappa shape index (κ3) is 5.31. The maximum absolute atomic E-state index is 13.1. The molecule has 2 fully saturated rings. The van der Waals surface area contributed by atoms with E-state index in [1.807, 2.05) is 6.07 Å². The highest BCUT2D eigenvalue weighted by atomic mass is 32.2. The van der Waals surface area contributed by atoms with Gasteiger partial charge in [0.1, 0.15) is 21.8 Å². The Kier molecular flexibility index (Phi) is 8.67. The van der Waals surface area contributed by atoms with Gasteiger partial charge < -0.3 is 14.7 Å². The number of β-amino-alcohol motifs (C(OH)–C–C–N with tert-alkyl or cyclic N) is 1. The number of ether oxygens (including phenoxy) is 1. The first-order valence-corrected chi connectivity index (χ1v) is 12.0. The minimum Gasteiger partial charge on any atom is -0.395 e. The van der Waals surface area contributed by atoms with Crippen LogP contribution in [0.2, 0.25) is 0 Å². The molecule has 2 aliphatic heterocycles. The van der Waals surface area contributed by atoms with Crippen molar-refractivity contribution in [2.24, 2.45) is 7.05 Å². The Balaban J connectivity index is 2.02. The zero-order valence-electron chi connectivity index (χ0n) is 19.2. The molecule has 33 heavy (non-hydrogen) atoms. The number of pyridine rings is 1. The summed E-state index contributed by atoms with van der Waals surface area (Å²) >= 11 is 6.66. The fraction of sp³-hybridized carbons (Fsp3) is 0.545. The van der Waals surface area contributed by atoms with Gasteiger partial charge in [-0.05, 0) is 25.0 Å². The van der Waals surface area contributed by atoms with Crippen LogP contribution in [0.4, 0.5) is 5.82 Å². The number of piperazine rings is 1. The van der Waals surface area contributed by atoms with Gasteiger partial charge in [-0.25, -0.2) is 0 Å². The number of methoxy groups -OCH3 is 1. The molecule has 1 aromatic heterocycles. The first-order valence-electron chi connectivity index (χ1n) is 10.8. The molecule has 0 aliphatic carbocycles. The van der Waals surface area contributed by atoms with Crippen LogP contribution in [-0.4, -0.2) is 89.3 Å². The number of carbonyl (C=O) groups excluding carboxylic acids is 1. The van der Waals surface area contributed by atoms with Crippen molar-refractivity contribution in [3.8, 4) is 6.07 Å². The molecule has 0 atom stereocenters. The zero-order chi connectivity index (χ0) is 24.1. The maximum Gasteiger partial charge on any atom is 0.270 e. The van der Waals surface area contributed by atoms with E-state index in [2.05, 4.69) is 9.80 Å². The second-order valence-corrected chi connectivity index (χ2v) is 9.62. The van der Waals surface area contributed by atoms with Crippen LogP contribution in [0.1, 0.15) is 23.1 Å². The van der Waals surface area contributed by atoms with Crippen LogP contribution in [0.15, 0.2) is 9.70 Å². The number of thioether (sulfide) groups is 1. The Bertz CT molecular complexity index is 1050. The van der Waals surface area contributed by atoms with Gasteiger partial charge in [0.15, 0.2) is 0 Å². The molecular weight excluding hydrogens is 462 g/mol. The monoisotopic (exact) mass is 491 g/mol. The van der Waals surface area contributed by atoms with E-state index in [0.29, 0.717) is 65.4 Å². The van der Waals surface area contributed by atoms with Gasteiger partial charge in [0.05, 0.1) is 11.5 Å². The maximum atomic E-state index is 13.1. The highest BCUT2D eigenvalue weighted by Gasteiger charge is 2.33. The zero-order valence-corrected chi connectivity index (χ0v) is 20.8. The third-order valence-electron chi connectivity index (χ3n) is 5.94. The predicted molar refractivity (Wildman–Crippen MR) is 133 cm³/mol. The van der Waals surface area contributed by atoms with Crippen LogP contribution in [0, 0.1) is 18.3 Å². The summed E-state index contributed by atoms with van der Waals surface area (Å²) in [5.41, 5.74) is 0.953. The molecule has 0 saturated carbocycles. The second kappa shape index (κ2) is 11.3. The Morgan fingerprint density at radius 3 is 2.55 bits per heavy atom. The van der Waals surface area contributed by atoms with Gasteiger partial charge >= 0.3 is 0 Å². The quantitative estimate of drug-likeness (QED) is 0.323. The van der Waals surface area contributed by atoms with Crippen LogP contribution in [0.5, 0.6) is 0 Å². The highest BCUT2D eigenvalue weighted by molar-refractivity contribution is 8.26. The van der Waals surface area contributed by atoms with Gasteiger partial charge in [0.2, 0.25) is 0 Å². The van der Waals surface area contributed by atoms with Gasteiger partial charge in [-0.2, -0.15) is 5.26 Å². The summed E-state index contributed by atoms with van der Waals surface area (Å²) < 4.78 is 7.07. The van der Waals surface area contributed by atoms with Crippen molar-refractivity contribution in [2.75, 3.05) is 64.5 Å². The molecule has 3 heterocycles. The molecular formula is C22H29N5O4S2. The molecule has 2 saturated heterocycles. The van der Waals surface area contributed by atoms with Crippen molar-refractivity contribution in [1.29, 1.82) is 5.26 Å². The molecule has 0 aromatic carbocycles. The van der Waals surface area contributed by atoms with E-state index in [9.17, 15) is 20.0 Å². The fourth-order valence-electron chi connectivity index (χ4n) is 4.11. The summed E-state index contributed by atoms with van der Waals surface area (Å²) in [5.74, 6) is 0.511. The molecule has 3 rings (SSSR count). The number of anilines is 1. The van der Waals surface area contributed by atoms with E-state index in [0.717, 1.165) is 13.1 Å². The van der Waals surface area contributed by atoms with Gasteiger partial charge in [0.25, 0.3) is 11.5 Å². The van der Waals surface area contributed by atoms with Crippen molar-refractivity contribution in [2.45, 2.75) is 13.3 Å². The molecule has 1 N–H and O–H groups in total. The number of thiocarbonyl (C=S) groups is 1. The summed E-state index contributed by atoms with van der Waals surface area (Å²) in [4.78, 5) is 32.3. The van der Waals surface area contributed by atoms with Crippen molar-refractivity contribution in [1.82, 2.24) is 14.4 Å². The Morgan fingerprint density at radius 1 is 1.24 bits per heavy atom. The number of hydrogen-bond donors (Lipinski definition) is 1. The van der Waals surface area contributed by atoms with E-state index in [1.54, 1.807) is 32.1 Å². The lowest BCUT2D eigenvalue weighted by Gasteiger charge is -2.37. The molecule has 0 bridgehead atoms. The summed E-state index contributed by atoms with van der Waals surface area (Å²) in [6, 6.07) is 2.03. The van der Waals surface area contributed by atoms with Crippen LogP contribution in [-0.2, 0) is 16.6 Å². The average molecular weight is 492 g/mol. The molecule has 178 valence electrons. The molecule has 0 spiro atoms. The molecule has 0 radical (unpaired) electrons. The first-order chi connectivity index (χ1) is 15.8. The van der Waals surface area contributed by atoms with Crippen molar-refractivity contribution >= 4 is 46.1 Å². The number of hydrogen-bond acceptors (Lipinski definition) is 9. The number of nitriles is 1. The predicted octanol–water partition coefficient (Wildman–Crippen LogP) is 0.917. The first kappa shape index (κ1) is 25.4. The average Bonchev–Trinajstić information content (AvgIpc) is 3.06. The molecule has 9 nitrogen and oxygen atoms in total. The van der Waals surface area contributed by atoms with E-state index < -0.39 is 0 Å². The summed E-state index contributed by atoms with van der Waals surface area (Å²) in [5, 5.41) is 18.8. The Labute approximate surface area is 203 Å². The third-order valence-corrected chi connectivity index (χ3v) is 7.31. The Hall–Kier alpha value is -2.23. The lowest BCUT2D eigenvalue weighted by atomic mass is 10.0. The second-order valence-electron chi connectivity index (χ2n) is 7.95. The number of nitrogens with zero attached hydrogens (tertiary/aromatic N) is 5. The largest absolute Gasteiger partial charge is 0.395 e. The van der Waals surface area contributed by atoms with Gasteiger partial charge in [0, 0.05) is 65.6 Å². The van der Waals surface area contributed by atoms with Gasteiger partial charge in [-0.1, -0.05) is 24.0 Å². The summed E-state index contributed by atoms with van der Waals surface area (Å²) in [6.07, 6.45) is 2.44. The Morgan fingerprint density at radius 2 is 1.94 bits per heavy atom. The molecule has 11 heteroatoms. The van der Waals surface area contributed by atoms with Gasteiger partial charge in [-0.15, -0.1) is 0 Å². The lowest BCUT2D eigenvalue weighted by Crippen LogP contribution is -2.49. The number of aliphatic hydroxyl groups excluding tert-OH is 1. The van der Waals surface area contributed by atoms with E-state index in [1.165, 1.54) is 16.3 Å².